The van der Waals surface area contributed by atoms with E-state index >= 15 is 0 Å². The zero-order valence-corrected chi connectivity index (χ0v) is 15.0. The van der Waals surface area contributed by atoms with Crippen molar-refractivity contribution in [1.82, 2.24) is 0 Å². The Morgan fingerprint density at radius 2 is 1.62 bits per heavy atom. The molecule has 0 aromatic heterocycles. The fourth-order valence-electron chi connectivity index (χ4n) is 1.98. The summed E-state index contributed by atoms with van der Waals surface area (Å²) >= 11 is 0. The Morgan fingerprint density at radius 3 is 2.21 bits per heavy atom. The molecule has 2 rings (SSSR count). The normalized spacial score (nSPS) is 11.5. The smallest absolute Gasteiger partial charge is 0.387 e. The number of nitrogens with two attached hydrogens (primary N) is 2. The van der Waals surface area contributed by atoms with E-state index in [2.05, 4.69) is 14.7 Å². The van der Waals surface area contributed by atoms with E-state index in [0.717, 1.165) is 6.08 Å². The molecular formula is C19H17F2N3O5. The molecule has 0 aliphatic rings. The molecule has 0 atom stereocenters. The third-order valence-electron chi connectivity index (χ3n) is 3.28. The van der Waals surface area contributed by atoms with Crippen molar-refractivity contribution >= 4 is 23.8 Å². The van der Waals surface area contributed by atoms with E-state index in [1.54, 1.807) is 24.3 Å². The highest BCUT2D eigenvalue weighted by Gasteiger charge is 2.05. The van der Waals surface area contributed by atoms with Gasteiger partial charge in [0.1, 0.15) is 11.5 Å². The van der Waals surface area contributed by atoms with Crippen molar-refractivity contribution in [1.29, 1.82) is 0 Å². The van der Waals surface area contributed by atoms with Crippen LogP contribution in [0.5, 0.6) is 11.5 Å². The van der Waals surface area contributed by atoms with E-state index in [-0.39, 0.29) is 18.2 Å². The van der Waals surface area contributed by atoms with Crippen LogP contribution in [0.15, 0.2) is 59.8 Å². The number of amides is 1. The number of carbonyl (C=O) groups excluding carboxylic acids is 2. The molecule has 0 heterocycles. The Hall–Kier alpha value is -3.95. The number of rotatable bonds is 9. The summed E-state index contributed by atoms with van der Waals surface area (Å²) in [5.74, 6) is -1.04. The molecule has 2 aromatic carbocycles. The van der Waals surface area contributed by atoms with Crippen LogP contribution >= 0.6 is 0 Å². The molecule has 2 aromatic rings. The van der Waals surface area contributed by atoms with Crippen LogP contribution in [-0.2, 0) is 14.4 Å². The van der Waals surface area contributed by atoms with Crippen LogP contribution in [0.4, 0.5) is 8.78 Å². The van der Waals surface area contributed by atoms with Gasteiger partial charge in [-0.05, 0) is 48.0 Å². The summed E-state index contributed by atoms with van der Waals surface area (Å²) in [6.07, 6.45) is 2.51. The summed E-state index contributed by atoms with van der Waals surface area (Å²) in [5.41, 5.74) is 11.7. The average Bonchev–Trinajstić information content (AvgIpc) is 2.70. The van der Waals surface area contributed by atoms with E-state index in [9.17, 15) is 18.4 Å². The fourth-order valence-corrected chi connectivity index (χ4v) is 1.98. The molecule has 8 nitrogen and oxygen atoms in total. The van der Waals surface area contributed by atoms with Crippen LogP contribution in [0.1, 0.15) is 11.1 Å². The van der Waals surface area contributed by atoms with Gasteiger partial charge in [0, 0.05) is 11.6 Å². The summed E-state index contributed by atoms with van der Waals surface area (Å²) in [5, 5.41) is 3.53. The molecule has 4 N–H and O–H groups in total. The Kier molecular flexibility index (Phi) is 7.66. The topological polar surface area (TPSA) is 126 Å². The molecule has 152 valence electrons. The maximum absolute atomic E-state index is 12.1. The molecule has 1 amide bonds. The van der Waals surface area contributed by atoms with E-state index in [1.165, 1.54) is 30.3 Å². The van der Waals surface area contributed by atoms with Gasteiger partial charge in [0.05, 0.1) is 0 Å². The maximum atomic E-state index is 12.1. The Labute approximate surface area is 164 Å². The van der Waals surface area contributed by atoms with Gasteiger partial charge in [0.2, 0.25) is 0 Å². The van der Waals surface area contributed by atoms with Crippen molar-refractivity contribution in [3.05, 3.63) is 65.7 Å². The largest absolute Gasteiger partial charge is 0.484 e. The minimum Gasteiger partial charge on any atom is -0.484 e. The molecule has 0 bridgehead atoms. The van der Waals surface area contributed by atoms with Crippen LogP contribution in [0.2, 0.25) is 0 Å². The van der Waals surface area contributed by atoms with Crippen LogP contribution in [0, 0.1) is 0 Å². The number of primary amides is 1. The lowest BCUT2D eigenvalue weighted by Crippen LogP contribution is -2.20. The first-order valence-corrected chi connectivity index (χ1v) is 8.12. The molecule has 10 heteroatoms. The number of hydrogen-bond donors (Lipinski definition) is 2. The lowest BCUT2D eigenvalue weighted by atomic mass is 10.2. The third kappa shape index (κ3) is 7.67. The van der Waals surface area contributed by atoms with Crippen LogP contribution in [-0.4, -0.2) is 30.9 Å². The van der Waals surface area contributed by atoms with Crippen molar-refractivity contribution in [3.63, 3.8) is 0 Å². The number of oxime groups is 1. The second-order valence-electron chi connectivity index (χ2n) is 5.45. The summed E-state index contributed by atoms with van der Waals surface area (Å²) in [4.78, 5) is 27.1. The SMILES string of the molecule is NC(=O)COc1ccc(/C(N)=N/OC(=O)/C=C\c2ccc(OC(F)F)cc2)cc1. The molecule has 0 radical (unpaired) electrons. The molecule has 0 aliphatic carbocycles. The predicted molar refractivity (Wildman–Crippen MR) is 100 cm³/mol. The van der Waals surface area contributed by atoms with Crippen LogP contribution < -0.4 is 20.9 Å². The minimum atomic E-state index is -2.91. The van der Waals surface area contributed by atoms with Crippen molar-refractivity contribution in [3.8, 4) is 11.5 Å². The van der Waals surface area contributed by atoms with Crippen LogP contribution in [0.25, 0.3) is 6.08 Å². The van der Waals surface area contributed by atoms with Gasteiger partial charge in [-0.1, -0.05) is 17.3 Å². The zero-order chi connectivity index (χ0) is 21.2. The number of halogens is 2. The molecule has 0 aliphatic heterocycles. The van der Waals surface area contributed by atoms with E-state index < -0.39 is 18.5 Å². The Bertz CT molecular complexity index is 897. The molecule has 0 saturated heterocycles. The maximum Gasteiger partial charge on any atom is 0.387 e. The van der Waals surface area contributed by atoms with Crippen molar-refractivity contribution < 1.29 is 32.7 Å². The van der Waals surface area contributed by atoms with Gasteiger partial charge in [-0.15, -0.1) is 0 Å². The molecule has 0 unspecified atom stereocenters. The fraction of sp³-hybridized carbons (Fsp3) is 0.105. The zero-order valence-electron chi connectivity index (χ0n) is 15.0. The minimum absolute atomic E-state index is 0.00291. The summed E-state index contributed by atoms with van der Waals surface area (Å²) < 4.78 is 33.5. The molecular weight excluding hydrogens is 388 g/mol. The van der Waals surface area contributed by atoms with Gasteiger partial charge in [-0.2, -0.15) is 8.78 Å². The second-order valence-corrected chi connectivity index (χ2v) is 5.45. The number of nitrogens with zero attached hydrogens (tertiary/aromatic N) is 1. The van der Waals surface area contributed by atoms with Gasteiger partial charge in [-0.25, -0.2) is 4.79 Å². The van der Waals surface area contributed by atoms with E-state index in [0.29, 0.717) is 16.9 Å². The molecule has 0 saturated carbocycles. The highest BCUT2D eigenvalue weighted by molar-refractivity contribution is 5.98. The Balaban J connectivity index is 1.88. The number of ether oxygens (including phenoxy) is 2. The van der Waals surface area contributed by atoms with E-state index in [4.69, 9.17) is 16.2 Å². The number of carbonyl (C=O) groups is 2. The predicted octanol–water partition coefficient (Wildman–Crippen LogP) is 2.03. The summed E-state index contributed by atoms with van der Waals surface area (Å²) in [7, 11) is 0. The first-order chi connectivity index (χ1) is 13.8. The molecule has 0 fully saturated rings. The van der Waals surface area contributed by atoms with Crippen molar-refractivity contribution in [2.45, 2.75) is 6.61 Å². The quantitative estimate of drug-likeness (QED) is 0.216. The highest BCUT2D eigenvalue weighted by atomic mass is 19.3. The van der Waals surface area contributed by atoms with Crippen molar-refractivity contribution in [2.75, 3.05) is 6.61 Å². The molecule has 29 heavy (non-hydrogen) atoms. The highest BCUT2D eigenvalue weighted by Crippen LogP contribution is 2.16. The first kappa shape index (κ1) is 21.4. The van der Waals surface area contributed by atoms with Gasteiger partial charge in [0.25, 0.3) is 5.91 Å². The van der Waals surface area contributed by atoms with Gasteiger partial charge >= 0.3 is 12.6 Å². The third-order valence-corrected chi connectivity index (χ3v) is 3.28. The summed E-state index contributed by atoms with van der Waals surface area (Å²) in [6.45, 7) is -3.16. The summed E-state index contributed by atoms with van der Waals surface area (Å²) in [6, 6.07) is 11.9. The number of amidine groups is 1. The average molecular weight is 405 g/mol. The molecule has 0 spiro atoms. The van der Waals surface area contributed by atoms with E-state index in [1.807, 2.05) is 0 Å². The van der Waals surface area contributed by atoms with Gasteiger partial charge < -0.3 is 25.8 Å². The van der Waals surface area contributed by atoms with Crippen molar-refractivity contribution in [2.24, 2.45) is 16.6 Å². The van der Waals surface area contributed by atoms with Gasteiger partial charge in [0.15, 0.2) is 12.4 Å². The second kappa shape index (κ2) is 10.4. The lowest BCUT2D eigenvalue weighted by Gasteiger charge is -2.05. The number of benzene rings is 2. The Morgan fingerprint density at radius 1 is 1.00 bits per heavy atom. The number of hydrogen-bond acceptors (Lipinski definition) is 6. The first-order valence-electron chi connectivity index (χ1n) is 8.12. The standard InChI is InChI=1S/C19H17F2N3O5/c20-19(21)28-15-6-1-12(2-7-15)3-10-17(26)29-24-18(23)13-4-8-14(9-5-13)27-11-16(22)25/h1-10,19H,11H2,(H2,22,25)(H2,23,24)/b10-3-. The number of alkyl halides is 2. The van der Waals surface area contributed by atoms with Gasteiger partial charge in [-0.3, -0.25) is 4.79 Å². The van der Waals surface area contributed by atoms with Crippen LogP contribution in [0.3, 0.4) is 0 Å². The monoisotopic (exact) mass is 405 g/mol. The lowest BCUT2D eigenvalue weighted by molar-refractivity contribution is -0.137.